The Morgan fingerprint density at radius 3 is 2.88 bits per heavy atom. The number of nitrogens with zero attached hydrogens (tertiary/aromatic N) is 2. The van der Waals surface area contributed by atoms with Gasteiger partial charge in [0.2, 0.25) is 0 Å². The number of hydrogen-bond donors (Lipinski definition) is 0. The molecule has 94 valence electrons. The first-order valence-electron chi connectivity index (χ1n) is 6.84. The molecule has 0 saturated heterocycles. The zero-order chi connectivity index (χ0) is 12.1. The highest BCUT2D eigenvalue weighted by Crippen LogP contribution is 2.24. The zero-order valence-electron chi connectivity index (χ0n) is 10.7. The average Bonchev–Trinajstić information content (AvgIpc) is 2.78. The normalized spacial score (nSPS) is 17.2. The van der Waals surface area contributed by atoms with E-state index in [4.69, 9.17) is 0 Å². The second kappa shape index (κ2) is 5.99. The van der Waals surface area contributed by atoms with Gasteiger partial charge < -0.3 is 4.57 Å². The van der Waals surface area contributed by atoms with Crippen LogP contribution in [0, 0.1) is 5.92 Å². The topological polar surface area (TPSA) is 34.9 Å². The maximum atomic E-state index is 12.2. The molecule has 1 aromatic heterocycles. The van der Waals surface area contributed by atoms with Crippen LogP contribution in [0.1, 0.15) is 51.3 Å². The summed E-state index contributed by atoms with van der Waals surface area (Å²) in [5, 5.41) is 0. The fourth-order valence-corrected chi connectivity index (χ4v) is 2.66. The lowest BCUT2D eigenvalue weighted by Gasteiger charge is -2.20. The summed E-state index contributed by atoms with van der Waals surface area (Å²) >= 11 is 0. The molecule has 3 nitrogen and oxygen atoms in total. The zero-order valence-corrected chi connectivity index (χ0v) is 10.7. The predicted octanol–water partition coefficient (Wildman–Crippen LogP) is 2.99. The third-order valence-corrected chi connectivity index (χ3v) is 3.66. The van der Waals surface area contributed by atoms with Gasteiger partial charge in [-0.15, -0.1) is 0 Å². The summed E-state index contributed by atoms with van der Waals surface area (Å²) in [5.41, 5.74) is 0. The molecule has 0 atom stereocenters. The number of carbonyl (C=O) groups is 1. The minimum absolute atomic E-state index is 0.306. The Balaban J connectivity index is 1.94. The van der Waals surface area contributed by atoms with Gasteiger partial charge >= 0.3 is 0 Å². The van der Waals surface area contributed by atoms with E-state index in [1.54, 1.807) is 6.20 Å². The lowest BCUT2D eigenvalue weighted by Crippen LogP contribution is -2.23. The van der Waals surface area contributed by atoms with Crippen molar-refractivity contribution in [2.24, 2.45) is 5.92 Å². The van der Waals surface area contributed by atoms with Gasteiger partial charge in [-0.2, -0.15) is 0 Å². The van der Waals surface area contributed by atoms with E-state index < -0.39 is 0 Å². The van der Waals surface area contributed by atoms with Crippen LogP contribution in [-0.4, -0.2) is 15.3 Å². The molecule has 0 N–H and O–H groups in total. The Hall–Kier alpha value is -1.12. The molecule has 0 bridgehead atoms. The third kappa shape index (κ3) is 3.18. The van der Waals surface area contributed by atoms with Gasteiger partial charge in [0.1, 0.15) is 5.82 Å². The molecular weight excluding hydrogens is 212 g/mol. The first kappa shape index (κ1) is 12.3. The van der Waals surface area contributed by atoms with Gasteiger partial charge in [0.05, 0.1) is 6.54 Å². The van der Waals surface area contributed by atoms with Gasteiger partial charge in [0, 0.05) is 24.7 Å². The van der Waals surface area contributed by atoms with E-state index in [0.29, 0.717) is 18.2 Å². The highest BCUT2D eigenvalue weighted by atomic mass is 16.1. The van der Waals surface area contributed by atoms with Crippen molar-refractivity contribution in [3.05, 3.63) is 18.2 Å². The molecule has 1 aliphatic carbocycles. The van der Waals surface area contributed by atoms with Crippen LogP contribution in [0.5, 0.6) is 0 Å². The van der Waals surface area contributed by atoms with Gasteiger partial charge in [-0.05, 0) is 19.3 Å². The lowest BCUT2D eigenvalue weighted by atomic mass is 9.86. The van der Waals surface area contributed by atoms with E-state index in [0.717, 1.165) is 31.5 Å². The second-order valence-corrected chi connectivity index (χ2v) is 5.02. The Morgan fingerprint density at radius 1 is 1.41 bits per heavy atom. The molecule has 0 aliphatic heterocycles. The number of imidazole rings is 1. The third-order valence-electron chi connectivity index (χ3n) is 3.66. The molecule has 1 aromatic rings. The predicted molar refractivity (Wildman–Crippen MR) is 67.8 cm³/mol. The molecule has 1 fully saturated rings. The fourth-order valence-electron chi connectivity index (χ4n) is 2.66. The largest absolute Gasteiger partial charge is 0.327 e. The van der Waals surface area contributed by atoms with Crippen LogP contribution in [0.3, 0.4) is 0 Å². The molecule has 0 radical (unpaired) electrons. The number of hydrogen-bond acceptors (Lipinski definition) is 2. The summed E-state index contributed by atoms with van der Waals surface area (Å²) in [6.45, 7) is 2.67. The summed E-state index contributed by atoms with van der Waals surface area (Å²) in [6.07, 6.45) is 11.7. The average molecular weight is 234 g/mol. The SMILES string of the molecule is CCCc1nccn1CC(=O)C1CCCCC1. The highest BCUT2D eigenvalue weighted by molar-refractivity contribution is 5.80. The Kier molecular flexibility index (Phi) is 4.35. The number of carbonyl (C=O) groups excluding carboxylic acids is 1. The standard InChI is InChI=1S/C14H22N2O/c1-2-6-14-15-9-10-16(14)11-13(17)12-7-4-3-5-8-12/h9-10,12H,2-8,11H2,1H3. The van der Waals surface area contributed by atoms with Gasteiger partial charge in [-0.3, -0.25) is 4.79 Å². The summed E-state index contributed by atoms with van der Waals surface area (Å²) < 4.78 is 2.03. The molecule has 1 aliphatic rings. The van der Waals surface area contributed by atoms with Crippen molar-refractivity contribution in [2.45, 2.75) is 58.4 Å². The molecular formula is C14H22N2O. The molecule has 2 rings (SSSR count). The van der Waals surface area contributed by atoms with Crippen molar-refractivity contribution in [3.8, 4) is 0 Å². The maximum Gasteiger partial charge on any atom is 0.155 e. The molecule has 0 spiro atoms. The van der Waals surface area contributed by atoms with Crippen LogP contribution < -0.4 is 0 Å². The van der Waals surface area contributed by atoms with Crippen molar-refractivity contribution >= 4 is 5.78 Å². The lowest BCUT2D eigenvalue weighted by molar-refractivity contribution is -0.124. The Labute approximate surface area is 103 Å². The van der Waals surface area contributed by atoms with Crippen LogP contribution in [0.4, 0.5) is 0 Å². The van der Waals surface area contributed by atoms with E-state index in [1.165, 1.54) is 19.3 Å². The summed E-state index contributed by atoms with van der Waals surface area (Å²) in [7, 11) is 0. The molecule has 0 unspecified atom stereocenters. The monoisotopic (exact) mass is 234 g/mol. The fraction of sp³-hybridized carbons (Fsp3) is 0.714. The second-order valence-electron chi connectivity index (χ2n) is 5.02. The number of rotatable bonds is 5. The first-order chi connectivity index (χ1) is 8.31. The Morgan fingerprint density at radius 2 is 2.18 bits per heavy atom. The van der Waals surface area contributed by atoms with Crippen molar-refractivity contribution < 1.29 is 4.79 Å². The Bertz CT molecular complexity index is 364. The quantitative estimate of drug-likeness (QED) is 0.785. The highest BCUT2D eigenvalue weighted by Gasteiger charge is 2.21. The van der Waals surface area contributed by atoms with Crippen LogP contribution in [0.15, 0.2) is 12.4 Å². The van der Waals surface area contributed by atoms with E-state index in [-0.39, 0.29) is 0 Å². The number of aromatic nitrogens is 2. The minimum atomic E-state index is 0.306. The van der Waals surface area contributed by atoms with Gasteiger partial charge in [0.15, 0.2) is 5.78 Å². The maximum absolute atomic E-state index is 12.2. The van der Waals surface area contributed by atoms with Crippen molar-refractivity contribution in [3.63, 3.8) is 0 Å². The molecule has 0 aromatic carbocycles. The minimum Gasteiger partial charge on any atom is -0.327 e. The smallest absolute Gasteiger partial charge is 0.155 e. The first-order valence-corrected chi connectivity index (χ1v) is 6.84. The molecule has 1 saturated carbocycles. The van der Waals surface area contributed by atoms with E-state index >= 15 is 0 Å². The molecule has 1 heterocycles. The van der Waals surface area contributed by atoms with Crippen LogP contribution in [0.2, 0.25) is 0 Å². The number of ketones is 1. The van der Waals surface area contributed by atoms with Crippen molar-refractivity contribution in [2.75, 3.05) is 0 Å². The van der Waals surface area contributed by atoms with E-state index in [9.17, 15) is 4.79 Å². The van der Waals surface area contributed by atoms with Crippen LogP contribution in [-0.2, 0) is 17.8 Å². The van der Waals surface area contributed by atoms with E-state index in [1.807, 2.05) is 10.8 Å². The van der Waals surface area contributed by atoms with Gasteiger partial charge in [-0.1, -0.05) is 26.2 Å². The van der Waals surface area contributed by atoms with Gasteiger partial charge in [0.25, 0.3) is 0 Å². The number of Topliss-reactive ketones (excluding diaryl/α,β-unsaturated/α-hetero) is 1. The summed E-state index contributed by atoms with van der Waals surface area (Å²) in [5.74, 6) is 1.76. The van der Waals surface area contributed by atoms with Crippen molar-refractivity contribution in [1.82, 2.24) is 9.55 Å². The summed E-state index contributed by atoms with van der Waals surface area (Å²) in [6, 6.07) is 0. The number of aryl methyl sites for hydroxylation is 1. The van der Waals surface area contributed by atoms with Crippen molar-refractivity contribution in [1.29, 1.82) is 0 Å². The van der Waals surface area contributed by atoms with Crippen LogP contribution >= 0.6 is 0 Å². The van der Waals surface area contributed by atoms with Gasteiger partial charge in [-0.25, -0.2) is 4.98 Å². The van der Waals surface area contributed by atoms with Crippen LogP contribution in [0.25, 0.3) is 0 Å². The molecule has 0 amide bonds. The molecule has 17 heavy (non-hydrogen) atoms. The molecule has 3 heteroatoms. The van der Waals surface area contributed by atoms with E-state index in [2.05, 4.69) is 11.9 Å². The summed E-state index contributed by atoms with van der Waals surface area (Å²) in [4.78, 5) is 16.5.